The first-order valence-corrected chi connectivity index (χ1v) is 9.61. The maximum absolute atomic E-state index is 12.5. The second kappa shape index (κ2) is 9.48. The van der Waals surface area contributed by atoms with Crippen LogP contribution < -0.4 is 18.9 Å². The molecule has 2 aromatic rings. The van der Waals surface area contributed by atoms with E-state index in [1.165, 1.54) is 34.5 Å². The van der Waals surface area contributed by atoms with Gasteiger partial charge in [0.1, 0.15) is 17.2 Å². The molecule has 148 valence electrons. The number of aliphatic hydroxyl groups excluding tert-OH is 1. The molecule has 2 atom stereocenters. The summed E-state index contributed by atoms with van der Waals surface area (Å²) in [6.45, 7) is 0. The van der Waals surface area contributed by atoms with E-state index in [2.05, 4.69) is 0 Å². The fraction of sp³-hybridized carbons (Fsp3) is 0.368. The highest BCUT2D eigenvalue weighted by molar-refractivity contribution is 7.84. The summed E-state index contributed by atoms with van der Waals surface area (Å²) in [5.41, 5.74) is 1.08. The lowest BCUT2D eigenvalue weighted by Gasteiger charge is -2.19. The van der Waals surface area contributed by atoms with Gasteiger partial charge in [0, 0.05) is 28.7 Å². The molecule has 0 aliphatic carbocycles. The van der Waals surface area contributed by atoms with Crippen LogP contribution in [0.1, 0.15) is 17.2 Å². The van der Waals surface area contributed by atoms with Crippen LogP contribution in [-0.2, 0) is 16.6 Å². The van der Waals surface area contributed by atoms with Crippen LogP contribution in [0.15, 0.2) is 30.3 Å². The number of hydrogen-bond donors (Lipinski definition) is 2. The maximum atomic E-state index is 12.5. The van der Waals surface area contributed by atoms with Crippen LogP contribution in [0.4, 0.5) is 0 Å². The SMILES string of the molecule is COc1cc(OC)c(C(O)CS(=O)Cc2ccc(OC)c(O)c2)c(OC)c1. The topological polar surface area (TPSA) is 94.5 Å². The third-order valence-corrected chi connectivity index (χ3v) is 5.34. The van der Waals surface area contributed by atoms with Crippen LogP contribution in [0.5, 0.6) is 28.7 Å². The fourth-order valence-electron chi connectivity index (χ4n) is 2.69. The van der Waals surface area contributed by atoms with Gasteiger partial charge < -0.3 is 29.2 Å². The Hall–Kier alpha value is -2.45. The number of methoxy groups -OCH3 is 4. The first kappa shape index (κ1) is 20.9. The second-order valence-corrected chi connectivity index (χ2v) is 7.22. The number of ether oxygens (including phenoxy) is 4. The van der Waals surface area contributed by atoms with Gasteiger partial charge >= 0.3 is 0 Å². The molecule has 2 N–H and O–H groups in total. The molecule has 8 heteroatoms. The number of phenolic OH excluding ortho intramolecular Hbond substituents is 1. The molecule has 27 heavy (non-hydrogen) atoms. The molecule has 0 aliphatic heterocycles. The van der Waals surface area contributed by atoms with Gasteiger partial charge in [0.2, 0.25) is 0 Å². The summed E-state index contributed by atoms with van der Waals surface area (Å²) in [6, 6.07) is 8.08. The van der Waals surface area contributed by atoms with Gasteiger partial charge in [-0.3, -0.25) is 4.21 Å². The van der Waals surface area contributed by atoms with Crippen molar-refractivity contribution in [1.82, 2.24) is 0 Å². The van der Waals surface area contributed by atoms with Crippen LogP contribution in [0.2, 0.25) is 0 Å². The Kier molecular flexibility index (Phi) is 7.32. The molecule has 0 radical (unpaired) electrons. The van der Waals surface area contributed by atoms with E-state index >= 15 is 0 Å². The lowest BCUT2D eigenvalue weighted by molar-refractivity contribution is 0.192. The summed E-state index contributed by atoms with van der Waals surface area (Å²) in [4.78, 5) is 0. The largest absolute Gasteiger partial charge is 0.504 e. The van der Waals surface area contributed by atoms with Crippen LogP contribution in [-0.4, -0.2) is 48.6 Å². The summed E-state index contributed by atoms with van der Waals surface area (Å²) < 4.78 is 33.4. The van der Waals surface area contributed by atoms with E-state index in [0.717, 1.165) is 0 Å². The van der Waals surface area contributed by atoms with E-state index in [1.807, 2.05) is 0 Å². The molecule has 0 saturated heterocycles. The van der Waals surface area contributed by atoms with Crippen LogP contribution in [0.25, 0.3) is 0 Å². The van der Waals surface area contributed by atoms with E-state index in [-0.39, 0.29) is 17.3 Å². The highest BCUT2D eigenvalue weighted by atomic mass is 32.2. The van der Waals surface area contributed by atoms with Crippen molar-refractivity contribution < 1.29 is 33.4 Å². The van der Waals surface area contributed by atoms with Crippen LogP contribution in [0.3, 0.4) is 0 Å². The average Bonchev–Trinajstić information content (AvgIpc) is 2.66. The molecule has 2 aromatic carbocycles. The summed E-state index contributed by atoms with van der Waals surface area (Å²) >= 11 is 0. The quantitative estimate of drug-likeness (QED) is 0.672. The number of aromatic hydroxyl groups is 1. The Morgan fingerprint density at radius 3 is 2.00 bits per heavy atom. The Balaban J connectivity index is 2.17. The minimum Gasteiger partial charge on any atom is -0.504 e. The summed E-state index contributed by atoms with van der Waals surface area (Å²) in [5, 5.41) is 20.5. The first-order valence-electron chi connectivity index (χ1n) is 8.12. The Labute approximate surface area is 160 Å². The Bertz CT molecular complexity index is 782. The van der Waals surface area contributed by atoms with Crippen molar-refractivity contribution in [3.8, 4) is 28.7 Å². The molecule has 2 rings (SSSR count). The van der Waals surface area contributed by atoms with E-state index in [4.69, 9.17) is 18.9 Å². The van der Waals surface area contributed by atoms with E-state index in [9.17, 15) is 14.4 Å². The Morgan fingerprint density at radius 1 is 0.926 bits per heavy atom. The van der Waals surface area contributed by atoms with Crippen molar-refractivity contribution in [2.45, 2.75) is 11.9 Å². The zero-order valence-electron chi connectivity index (χ0n) is 15.7. The molecule has 2 unspecified atom stereocenters. The molecule has 7 nitrogen and oxygen atoms in total. The molecule has 0 heterocycles. The molecule has 0 fully saturated rings. The summed E-state index contributed by atoms with van der Waals surface area (Å²) in [7, 11) is 4.53. The van der Waals surface area contributed by atoms with Gasteiger partial charge in [-0.25, -0.2) is 0 Å². The van der Waals surface area contributed by atoms with Crippen molar-refractivity contribution in [2.24, 2.45) is 0 Å². The second-order valence-electron chi connectivity index (χ2n) is 5.72. The standard InChI is InChI=1S/C19H24O7S/c1-23-13-8-17(25-3)19(18(9-13)26-4)15(21)11-27(22)10-12-5-6-16(24-2)14(20)7-12/h5-9,15,20-21H,10-11H2,1-4H3. The minimum absolute atomic E-state index is 0.0220. The average molecular weight is 396 g/mol. The van der Waals surface area contributed by atoms with Gasteiger partial charge in [-0.15, -0.1) is 0 Å². The van der Waals surface area contributed by atoms with Crippen molar-refractivity contribution in [1.29, 1.82) is 0 Å². The summed E-state index contributed by atoms with van der Waals surface area (Å²) in [6.07, 6.45) is -1.06. The third-order valence-electron chi connectivity index (χ3n) is 4.00. The number of aliphatic hydroxyl groups is 1. The monoisotopic (exact) mass is 396 g/mol. The lowest BCUT2D eigenvalue weighted by Crippen LogP contribution is -2.13. The highest BCUT2D eigenvalue weighted by Crippen LogP contribution is 2.38. The van der Waals surface area contributed by atoms with Crippen molar-refractivity contribution in [3.05, 3.63) is 41.5 Å². The predicted octanol–water partition coefficient (Wildman–Crippen LogP) is 2.41. The lowest BCUT2D eigenvalue weighted by atomic mass is 10.1. The van der Waals surface area contributed by atoms with Gasteiger partial charge in [-0.2, -0.15) is 0 Å². The fourth-order valence-corrected chi connectivity index (χ4v) is 3.88. The summed E-state index contributed by atoms with van der Waals surface area (Å²) in [5.74, 6) is 1.77. The van der Waals surface area contributed by atoms with Gasteiger partial charge in [-0.1, -0.05) is 6.07 Å². The van der Waals surface area contributed by atoms with Crippen molar-refractivity contribution >= 4 is 10.8 Å². The number of rotatable bonds is 9. The van der Waals surface area contributed by atoms with Crippen molar-refractivity contribution in [3.63, 3.8) is 0 Å². The predicted molar refractivity (Wildman–Crippen MR) is 102 cm³/mol. The zero-order valence-corrected chi connectivity index (χ0v) is 16.5. The molecule has 0 aliphatic rings. The Morgan fingerprint density at radius 2 is 1.52 bits per heavy atom. The van der Waals surface area contributed by atoms with Gasteiger partial charge in [0.05, 0.1) is 45.9 Å². The third kappa shape index (κ3) is 5.05. The number of phenols is 1. The van der Waals surface area contributed by atoms with E-state index in [1.54, 1.807) is 24.3 Å². The van der Waals surface area contributed by atoms with Crippen molar-refractivity contribution in [2.75, 3.05) is 34.2 Å². The van der Waals surface area contributed by atoms with E-state index < -0.39 is 16.9 Å². The van der Waals surface area contributed by atoms with Gasteiger partial charge in [0.15, 0.2) is 11.5 Å². The molecule has 0 spiro atoms. The zero-order chi connectivity index (χ0) is 20.0. The van der Waals surface area contributed by atoms with Crippen LogP contribution in [0, 0.1) is 0 Å². The highest BCUT2D eigenvalue weighted by Gasteiger charge is 2.23. The minimum atomic E-state index is -1.39. The number of hydrogen-bond acceptors (Lipinski definition) is 7. The molecule has 0 bridgehead atoms. The molecular weight excluding hydrogens is 372 g/mol. The van der Waals surface area contributed by atoms with E-state index in [0.29, 0.717) is 34.1 Å². The van der Waals surface area contributed by atoms with Gasteiger partial charge in [0.25, 0.3) is 0 Å². The molecular formula is C19H24O7S. The molecule has 0 saturated carbocycles. The molecule has 0 aromatic heterocycles. The number of benzene rings is 2. The smallest absolute Gasteiger partial charge is 0.160 e. The van der Waals surface area contributed by atoms with Crippen LogP contribution >= 0.6 is 0 Å². The van der Waals surface area contributed by atoms with Gasteiger partial charge in [-0.05, 0) is 17.7 Å². The first-order chi connectivity index (χ1) is 12.9. The molecule has 0 amide bonds. The maximum Gasteiger partial charge on any atom is 0.160 e. The normalized spacial score (nSPS) is 12.9.